The van der Waals surface area contributed by atoms with Crippen LogP contribution in [-0.2, 0) is 4.79 Å². The second kappa shape index (κ2) is 7.91. The van der Waals surface area contributed by atoms with Gasteiger partial charge in [-0.25, -0.2) is 0 Å². The summed E-state index contributed by atoms with van der Waals surface area (Å²) >= 11 is 3.38. The molecule has 1 aliphatic rings. The lowest BCUT2D eigenvalue weighted by Crippen LogP contribution is -2.57. The van der Waals surface area contributed by atoms with Crippen LogP contribution in [0.2, 0.25) is 0 Å². The van der Waals surface area contributed by atoms with E-state index in [0.717, 1.165) is 15.9 Å². The van der Waals surface area contributed by atoms with E-state index in [-0.39, 0.29) is 11.8 Å². The highest BCUT2D eigenvalue weighted by atomic mass is 79.9. The van der Waals surface area contributed by atoms with Crippen LogP contribution in [0.4, 0.5) is 5.69 Å². The summed E-state index contributed by atoms with van der Waals surface area (Å²) < 4.78 is 6.29. The Balaban J connectivity index is 1.75. The largest absolute Gasteiger partial charge is 0.494 e. The number of ether oxygens (including phenoxy) is 1. The van der Waals surface area contributed by atoms with Crippen LogP contribution >= 0.6 is 15.9 Å². The zero-order chi connectivity index (χ0) is 18.7. The molecule has 1 fully saturated rings. The predicted molar refractivity (Wildman–Crippen MR) is 105 cm³/mol. The molecule has 1 atom stereocenters. The maximum Gasteiger partial charge on any atom is 0.254 e. The van der Waals surface area contributed by atoms with Crippen LogP contribution in [0.25, 0.3) is 0 Å². The van der Waals surface area contributed by atoms with Gasteiger partial charge in [0.2, 0.25) is 5.91 Å². The Kier molecular flexibility index (Phi) is 5.61. The van der Waals surface area contributed by atoms with Crippen molar-refractivity contribution >= 4 is 33.4 Å². The molecule has 3 rings (SSSR count). The van der Waals surface area contributed by atoms with Gasteiger partial charge in [-0.3, -0.25) is 9.59 Å². The van der Waals surface area contributed by atoms with Crippen LogP contribution in [0, 0.1) is 0 Å². The number of hydrogen-bond acceptors (Lipinski definition) is 3. The molecule has 1 heterocycles. The quantitative estimate of drug-likeness (QED) is 0.762. The molecule has 0 bridgehead atoms. The fourth-order valence-electron chi connectivity index (χ4n) is 3.08. The molecule has 1 saturated heterocycles. The Morgan fingerprint density at radius 3 is 2.58 bits per heavy atom. The number of carbonyl (C=O) groups is 2. The smallest absolute Gasteiger partial charge is 0.254 e. The summed E-state index contributed by atoms with van der Waals surface area (Å²) in [5.74, 6) is 0.572. The number of carbonyl (C=O) groups excluding carboxylic acids is 2. The summed E-state index contributed by atoms with van der Waals surface area (Å²) in [7, 11) is 0. The molecule has 2 aromatic rings. The van der Waals surface area contributed by atoms with E-state index in [1.54, 1.807) is 28.9 Å². The molecular formula is C20H21BrN2O3. The van der Waals surface area contributed by atoms with E-state index in [0.29, 0.717) is 25.3 Å². The highest BCUT2D eigenvalue weighted by molar-refractivity contribution is 9.10. The van der Waals surface area contributed by atoms with Gasteiger partial charge in [-0.1, -0.05) is 22.0 Å². The van der Waals surface area contributed by atoms with Crippen LogP contribution in [-0.4, -0.2) is 42.5 Å². The minimum Gasteiger partial charge on any atom is -0.494 e. The van der Waals surface area contributed by atoms with Gasteiger partial charge in [-0.05, 0) is 56.3 Å². The standard InChI is InChI=1S/C20H21BrN2O3/c1-3-26-18-9-7-17(8-10-18)23-12-11-22(14(2)19(23)24)20(25)15-5-4-6-16(21)13-15/h4-10,13-14H,3,11-12H2,1-2H3/t14-/m0/s1. The molecule has 26 heavy (non-hydrogen) atoms. The zero-order valence-electron chi connectivity index (χ0n) is 14.8. The van der Waals surface area contributed by atoms with Crippen LogP contribution < -0.4 is 9.64 Å². The van der Waals surface area contributed by atoms with E-state index < -0.39 is 6.04 Å². The summed E-state index contributed by atoms with van der Waals surface area (Å²) in [4.78, 5) is 29.0. The molecule has 0 aromatic heterocycles. The van der Waals surface area contributed by atoms with E-state index in [1.807, 2.05) is 43.3 Å². The first-order valence-electron chi connectivity index (χ1n) is 8.62. The van der Waals surface area contributed by atoms with E-state index in [4.69, 9.17) is 4.74 Å². The second-order valence-electron chi connectivity index (χ2n) is 6.10. The third-order valence-electron chi connectivity index (χ3n) is 4.45. The van der Waals surface area contributed by atoms with Gasteiger partial charge in [-0.15, -0.1) is 0 Å². The maximum absolute atomic E-state index is 12.8. The van der Waals surface area contributed by atoms with Gasteiger partial charge in [0.05, 0.1) is 6.61 Å². The minimum atomic E-state index is -0.512. The summed E-state index contributed by atoms with van der Waals surface area (Å²) in [6.45, 7) is 5.27. The highest BCUT2D eigenvalue weighted by Crippen LogP contribution is 2.24. The normalized spacial score (nSPS) is 17.3. The Morgan fingerprint density at radius 2 is 1.92 bits per heavy atom. The molecule has 0 radical (unpaired) electrons. The summed E-state index contributed by atoms with van der Waals surface area (Å²) in [5.41, 5.74) is 1.40. The first-order chi connectivity index (χ1) is 12.5. The van der Waals surface area contributed by atoms with Crippen LogP contribution in [0.1, 0.15) is 24.2 Å². The van der Waals surface area contributed by atoms with Gasteiger partial charge in [0, 0.05) is 28.8 Å². The van der Waals surface area contributed by atoms with Crippen LogP contribution in [0.5, 0.6) is 5.75 Å². The number of nitrogens with zero attached hydrogens (tertiary/aromatic N) is 2. The molecule has 5 nitrogen and oxygen atoms in total. The molecule has 0 unspecified atom stereocenters. The second-order valence-corrected chi connectivity index (χ2v) is 7.02. The molecule has 1 aliphatic heterocycles. The molecule has 0 saturated carbocycles. The third kappa shape index (κ3) is 3.75. The van der Waals surface area contributed by atoms with Crippen molar-refractivity contribution in [2.24, 2.45) is 0 Å². The Hall–Kier alpha value is -2.34. The van der Waals surface area contributed by atoms with Gasteiger partial charge in [0.1, 0.15) is 11.8 Å². The molecule has 2 aromatic carbocycles. The number of halogens is 1. The van der Waals surface area contributed by atoms with Crippen LogP contribution in [0.15, 0.2) is 53.0 Å². The predicted octanol–water partition coefficient (Wildman–Crippen LogP) is 3.73. The number of piperazine rings is 1. The number of benzene rings is 2. The average Bonchev–Trinajstić information content (AvgIpc) is 2.64. The third-order valence-corrected chi connectivity index (χ3v) is 4.94. The van der Waals surface area contributed by atoms with Crippen molar-refractivity contribution in [3.8, 4) is 5.75 Å². The summed E-state index contributed by atoms with van der Waals surface area (Å²) in [6, 6.07) is 14.2. The van der Waals surface area contributed by atoms with Crippen molar-refractivity contribution in [2.75, 3.05) is 24.6 Å². The lowest BCUT2D eigenvalue weighted by atomic mass is 10.1. The average molecular weight is 417 g/mol. The molecule has 2 amide bonds. The Labute approximate surface area is 161 Å². The van der Waals surface area contributed by atoms with Gasteiger partial charge in [-0.2, -0.15) is 0 Å². The molecular weight excluding hydrogens is 396 g/mol. The van der Waals surface area contributed by atoms with Crippen molar-refractivity contribution in [1.82, 2.24) is 4.90 Å². The Bertz CT molecular complexity index is 807. The van der Waals surface area contributed by atoms with Gasteiger partial charge >= 0.3 is 0 Å². The van der Waals surface area contributed by atoms with Crippen molar-refractivity contribution < 1.29 is 14.3 Å². The summed E-state index contributed by atoms with van der Waals surface area (Å²) in [6.07, 6.45) is 0. The van der Waals surface area contributed by atoms with Crippen molar-refractivity contribution in [3.05, 3.63) is 58.6 Å². The number of hydrogen-bond donors (Lipinski definition) is 0. The number of anilines is 1. The Morgan fingerprint density at radius 1 is 1.19 bits per heavy atom. The molecule has 0 aliphatic carbocycles. The van der Waals surface area contributed by atoms with Crippen molar-refractivity contribution in [3.63, 3.8) is 0 Å². The van der Waals surface area contributed by atoms with Gasteiger partial charge < -0.3 is 14.5 Å². The van der Waals surface area contributed by atoms with E-state index in [2.05, 4.69) is 15.9 Å². The monoisotopic (exact) mass is 416 g/mol. The number of amides is 2. The van der Waals surface area contributed by atoms with Crippen molar-refractivity contribution in [2.45, 2.75) is 19.9 Å². The first kappa shape index (κ1) is 18.5. The van der Waals surface area contributed by atoms with Gasteiger partial charge in [0.25, 0.3) is 5.91 Å². The van der Waals surface area contributed by atoms with E-state index in [9.17, 15) is 9.59 Å². The lowest BCUT2D eigenvalue weighted by molar-refractivity contribution is -0.124. The van der Waals surface area contributed by atoms with Crippen molar-refractivity contribution in [1.29, 1.82) is 0 Å². The minimum absolute atomic E-state index is 0.0799. The topological polar surface area (TPSA) is 49.9 Å². The van der Waals surface area contributed by atoms with E-state index >= 15 is 0 Å². The molecule has 0 spiro atoms. The maximum atomic E-state index is 12.8. The SMILES string of the molecule is CCOc1ccc(N2CCN(C(=O)c3cccc(Br)c3)[C@@H](C)C2=O)cc1. The molecule has 6 heteroatoms. The van der Waals surface area contributed by atoms with E-state index in [1.165, 1.54) is 0 Å². The van der Waals surface area contributed by atoms with Crippen LogP contribution in [0.3, 0.4) is 0 Å². The fraction of sp³-hybridized carbons (Fsp3) is 0.300. The molecule has 0 N–H and O–H groups in total. The summed E-state index contributed by atoms with van der Waals surface area (Å²) in [5, 5.41) is 0. The first-order valence-corrected chi connectivity index (χ1v) is 9.41. The number of rotatable bonds is 4. The lowest BCUT2D eigenvalue weighted by Gasteiger charge is -2.39. The highest BCUT2D eigenvalue weighted by Gasteiger charge is 2.35. The fourth-order valence-corrected chi connectivity index (χ4v) is 3.48. The van der Waals surface area contributed by atoms with Gasteiger partial charge in [0.15, 0.2) is 0 Å². The molecule has 136 valence electrons. The zero-order valence-corrected chi connectivity index (χ0v) is 16.4.